The smallest absolute Gasteiger partial charge is 0.00297 e. The first-order valence-electron chi connectivity index (χ1n) is 34.0. The molecule has 0 spiro atoms. The minimum atomic E-state index is 0.427. The molecule has 0 aromatic heterocycles. The molecule has 3 fully saturated rings. The van der Waals surface area contributed by atoms with Crippen LogP contribution in [0.3, 0.4) is 0 Å². The van der Waals surface area contributed by atoms with Crippen molar-refractivity contribution in [2.45, 2.75) is 358 Å². The highest BCUT2D eigenvalue weighted by atomic mass is 14.6. The molecule has 0 radical (unpaired) electrons. The molecule has 2 N–H and O–H groups in total. The molecule has 75 heavy (non-hydrogen) atoms. The van der Waals surface area contributed by atoms with E-state index < -0.39 is 0 Å². The maximum atomic E-state index is 5.94. The zero-order valence-electron chi connectivity index (χ0n) is 56.6. The minimum absolute atomic E-state index is 0.427. The van der Waals surface area contributed by atoms with E-state index in [9.17, 15) is 0 Å². The molecule has 0 bridgehead atoms. The van der Waals surface area contributed by atoms with Gasteiger partial charge in [0.1, 0.15) is 0 Å². The van der Waals surface area contributed by atoms with Gasteiger partial charge in [0.15, 0.2) is 0 Å². The Morgan fingerprint density at radius 3 is 1.45 bits per heavy atom. The Kier molecular flexibility index (Phi) is 56.3. The Hall–Kier alpha value is -0.920. The van der Waals surface area contributed by atoms with Crippen molar-refractivity contribution >= 4 is 0 Å². The number of hydrogen-bond acceptors (Lipinski definition) is 1. The van der Waals surface area contributed by atoms with E-state index in [1.54, 1.807) is 13.8 Å². The summed E-state index contributed by atoms with van der Waals surface area (Å²) in [6.45, 7) is 52.3. The highest BCUT2D eigenvalue weighted by Gasteiger charge is 2.37. The second-order valence-corrected chi connectivity index (χ2v) is 27.8. The van der Waals surface area contributed by atoms with Gasteiger partial charge in [-0.25, -0.2) is 0 Å². The third-order valence-corrected chi connectivity index (χ3v) is 19.1. The standard InChI is InChI=1S/C32H66.C21H41N.C7H14.C5H12.C3H8.2C3H4/c1-13-16-26(6)19-20-27(7)32(11,12)28(8)24-30(18-15-3)31(9,10)22-21-29(17-14-2)23-25(4)5;1-4-6-21(16(2)3)19-13-10-17(11-14-19)9-12-18-7-5-8-20(18)15-22;1-7-5-3-2-4-6-7;1-3-5-4-2;3*1-3-2/h25-30H,13-24H2,1-12H3;16-21H,4-15,22H2,1-3H3;7H,2-6H2,1H3;3-5H2,1-2H3;3H2,1-2H3;2*1H,2H3. The second-order valence-electron chi connectivity index (χ2n) is 27.8. The molecule has 8 unspecified atom stereocenters. The van der Waals surface area contributed by atoms with E-state index in [1.165, 1.54) is 205 Å². The zero-order valence-corrected chi connectivity index (χ0v) is 56.6. The zero-order chi connectivity index (χ0) is 58.3. The van der Waals surface area contributed by atoms with E-state index >= 15 is 0 Å². The van der Waals surface area contributed by atoms with E-state index in [0.29, 0.717) is 10.8 Å². The third-order valence-electron chi connectivity index (χ3n) is 19.1. The summed E-state index contributed by atoms with van der Waals surface area (Å²) in [4.78, 5) is 0. The molecule has 8 atom stereocenters. The van der Waals surface area contributed by atoms with Gasteiger partial charge < -0.3 is 5.73 Å². The average Bonchev–Trinajstić information content (AvgIpc) is 3.83. The van der Waals surface area contributed by atoms with Gasteiger partial charge in [0.05, 0.1) is 0 Å². The summed E-state index contributed by atoms with van der Waals surface area (Å²) in [5.74, 6) is 16.4. The molecule has 0 aliphatic heterocycles. The first-order chi connectivity index (χ1) is 35.5. The van der Waals surface area contributed by atoms with Gasteiger partial charge in [-0.3, -0.25) is 0 Å². The lowest BCUT2D eigenvalue weighted by atomic mass is 9.62. The maximum absolute atomic E-state index is 5.94. The number of rotatable bonds is 29. The predicted octanol–water partition coefficient (Wildman–Crippen LogP) is 25.1. The van der Waals surface area contributed by atoms with Crippen LogP contribution in [-0.2, 0) is 0 Å². The van der Waals surface area contributed by atoms with Gasteiger partial charge in [0.2, 0.25) is 0 Å². The molecule has 450 valence electrons. The Balaban J connectivity index is -0.000000496. The quantitative estimate of drug-likeness (QED) is 0.0743. The summed E-state index contributed by atoms with van der Waals surface area (Å²) in [5, 5.41) is 0. The largest absolute Gasteiger partial charge is 0.330 e. The maximum Gasteiger partial charge on any atom is -0.00297 e. The van der Waals surface area contributed by atoms with Gasteiger partial charge in [-0.05, 0) is 166 Å². The normalized spacial score (nSPS) is 21.1. The monoisotopic (exact) mass is 1050 g/mol. The van der Waals surface area contributed by atoms with Crippen LogP contribution in [0.15, 0.2) is 0 Å². The Bertz CT molecular complexity index is 1210. The molecule has 0 aromatic carbocycles. The molecule has 0 heterocycles. The van der Waals surface area contributed by atoms with Crippen LogP contribution in [0.5, 0.6) is 0 Å². The second kappa shape index (κ2) is 52.5. The molecule has 3 aliphatic rings. The first kappa shape index (κ1) is 80.6. The first-order valence-corrected chi connectivity index (χ1v) is 34.0. The Morgan fingerprint density at radius 2 is 1.04 bits per heavy atom. The van der Waals surface area contributed by atoms with Crippen molar-refractivity contribution in [1.29, 1.82) is 0 Å². The van der Waals surface area contributed by atoms with Crippen molar-refractivity contribution in [1.82, 2.24) is 0 Å². The summed E-state index contributed by atoms with van der Waals surface area (Å²) in [6.07, 6.45) is 54.8. The lowest BCUT2D eigenvalue weighted by molar-refractivity contribution is 0.0647. The number of hydrogen-bond donors (Lipinski definition) is 1. The molecule has 3 rings (SSSR count). The summed E-state index contributed by atoms with van der Waals surface area (Å²) < 4.78 is 0. The fourth-order valence-corrected chi connectivity index (χ4v) is 13.4. The summed E-state index contributed by atoms with van der Waals surface area (Å²) >= 11 is 0. The van der Waals surface area contributed by atoms with Gasteiger partial charge in [-0.15, -0.1) is 24.7 Å². The topological polar surface area (TPSA) is 26.0 Å². The highest BCUT2D eigenvalue weighted by molar-refractivity contribution is 4.88. The molecule has 1 heteroatoms. The van der Waals surface area contributed by atoms with Gasteiger partial charge in [-0.2, -0.15) is 0 Å². The molecule has 0 amide bonds. The molecule has 0 saturated heterocycles. The van der Waals surface area contributed by atoms with Crippen molar-refractivity contribution in [3.63, 3.8) is 0 Å². The number of unbranched alkanes of at least 4 members (excludes halogenated alkanes) is 2. The Labute approximate surface area is 480 Å². The average molecular weight is 1050 g/mol. The van der Waals surface area contributed by atoms with Crippen molar-refractivity contribution in [2.24, 2.45) is 93.5 Å². The van der Waals surface area contributed by atoms with E-state index in [4.69, 9.17) is 5.73 Å². The predicted molar refractivity (Wildman–Crippen MR) is 350 cm³/mol. The van der Waals surface area contributed by atoms with Crippen LogP contribution in [0.25, 0.3) is 0 Å². The van der Waals surface area contributed by atoms with E-state index in [-0.39, 0.29) is 0 Å². The molecule has 3 saturated carbocycles. The van der Waals surface area contributed by atoms with Crippen LogP contribution in [0.4, 0.5) is 0 Å². The lowest BCUT2D eigenvalue weighted by Crippen LogP contribution is -2.34. The van der Waals surface area contributed by atoms with Gasteiger partial charge in [-0.1, -0.05) is 286 Å². The minimum Gasteiger partial charge on any atom is -0.330 e. The molecular formula is C74H149N. The fraction of sp³-hybridized carbons (Fsp3) is 0.946. The third kappa shape index (κ3) is 42.6. The molecule has 1 nitrogen and oxygen atoms in total. The van der Waals surface area contributed by atoms with E-state index in [0.717, 1.165) is 83.5 Å². The summed E-state index contributed by atoms with van der Waals surface area (Å²) in [6, 6.07) is 0. The lowest BCUT2D eigenvalue weighted by Gasteiger charge is -2.43. The van der Waals surface area contributed by atoms with Crippen LogP contribution in [0, 0.1) is 112 Å². The van der Waals surface area contributed by atoms with E-state index in [1.807, 2.05) is 0 Å². The number of nitrogens with two attached hydrogens (primary N) is 1. The van der Waals surface area contributed by atoms with Crippen LogP contribution in [-0.4, -0.2) is 6.54 Å². The van der Waals surface area contributed by atoms with Crippen molar-refractivity contribution in [3.8, 4) is 24.7 Å². The van der Waals surface area contributed by atoms with Crippen molar-refractivity contribution in [2.75, 3.05) is 6.54 Å². The SMILES string of the molecule is C#CC.C#CC.CC1CCCCC1.CCC.CCCC(C(C)C)C1CCC(CCC2CCCC2CN)CC1.CCCC(C)CCC(C)C(C)(C)C(C)CC(CCC)C(C)(C)CCC(CCC)CC(C)C.CCCCC. The Morgan fingerprint density at radius 1 is 0.533 bits per heavy atom. The highest BCUT2D eigenvalue weighted by Crippen LogP contribution is 2.47. The van der Waals surface area contributed by atoms with Crippen LogP contribution >= 0.6 is 0 Å². The van der Waals surface area contributed by atoms with Crippen LogP contribution in [0.2, 0.25) is 0 Å². The van der Waals surface area contributed by atoms with E-state index in [2.05, 4.69) is 163 Å². The summed E-state index contributed by atoms with van der Waals surface area (Å²) in [5.41, 5.74) is 6.83. The molecule has 3 aliphatic carbocycles. The van der Waals surface area contributed by atoms with Crippen LogP contribution < -0.4 is 5.73 Å². The van der Waals surface area contributed by atoms with Gasteiger partial charge in [0, 0.05) is 0 Å². The number of terminal acetylenes is 2. The molecular weight excluding hydrogens is 903 g/mol. The van der Waals surface area contributed by atoms with Gasteiger partial charge in [0.25, 0.3) is 0 Å². The van der Waals surface area contributed by atoms with Crippen LogP contribution in [0.1, 0.15) is 358 Å². The molecule has 0 aromatic rings. The summed E-state index contributed by atoms with van der Waals surface area (Å²) in [7, 11) is 0. The fourth-order valence-electron chi connectivity index (χ4n) is 13.4. The van der Waals surface area contributed by atoms with Crippen molar-refractivity contribution in [3.05, 3.63) is 0 Å². The van der Waals surface area contributed by atoms with Gasteiger partial charge >= 0.3 is 0 Å². The van der Waals surface area contributed by atoms with Crippen molar-refractivity contribution < 1.29 is 0 Å².